The van der Waals surface area contributed by atoms with Crippen LogP contribution in [0.15, 0.2) is 42.5 Å². The second-order valence-electron chi connectivity index (χ2n) is 5.08. The van der Waals surface area contributed by atoms with Gasteiger partial charge in [-0.1, -0.05) is 17.7 Å². The summed E-state index contributed by atoms with van der Waals surface area (Å²) in [6, 6.07) is 6.85. The van der Waals surface area contributed by atoms with Gasteiger partial charge in [0, 0.05) is 5.56 Å². The molecule has 1 amide bonds. The zero-order chi connectivity index (χ0) is 18.1. The molecule has 0 aromatic heterocycles. The minimum Gasteiger partial charge on any atom is -0.321 e. The number of halogens is 6. The molecule has 1 N–H and O–H groups in total. The quantitative estimate of drug-likeness (QED) is 0.736. The van der Waals surface area contributed by atoms with E-state index in [1.54, 1.807) is 13.0 Å². The molecule has 2 aromatic rings. The van der Waals surface area contributed by atoms with Crippen molar-refractivity contribution in [3.63, 3.8) is 0 Å². The maximum Gasteiger partial charge on any atom is 0.418 e. The number of hydrogen-bond acceptors (Lipinski definition) is 1. The molecule has 0 saturated heterocycles. The van der Waals surface area contributed by atoms with E-state index in [9.17, 15) is 31.1 Å². The van der Waals surface area contributed by atoms with Crippen LogP contribution in [0.2, 0.25) is 0 Å². The fraction of sp³-hybridized carbons (Fsp3) is 0.188. The van der Waals surface area contributed by atoms with Crippen LogP contribution in [0.5, 0.6) is 0 Å². The minimum atomic E-state index is -4.90. The molecule has 2 aromatic carbocycles. The van der Waals surface area contributed by atoms with E-state index in [2.05, 4.69) is 0 Å². The lowest BCUT2D eigenvalue weighted by Gasteiger charge is -2.16. The molecule has 2 nitrogen and oxygen atoms in total. The summed E-state index contributed by atoms with van der Waals surface area (Å²) in [4.78, 5) is 12.0. The summed E-state index contributed by atoms with van der Waals surface area (Å²) in [5, 5.41) is 1.91. The lowest BCUT2D eigenvalue weighted by Crippen LogP contribution is -2.18. The van der Waals surface area contributed by atoms with Crippen LogP contribution in [-0.2, 0) is 12.4 Å². The molecule has 0 unspecified atom stereocenters. The highest BCUT2D eigenvalue weighted by molar-refractivity contribution is 6.04. The van der Waals surface area contributed by atoms with Crippen molar-refractivity contribution in [3.05, 3.63) is 64.7 Å². The molecule has 0 atom stereocenters. The Morgan fingerprint density at radius 2 is 1.58 bits per heavy atom. The molecule has 24 heavy (non-hydrogen) atoms. The zero-order valence-electron chi connectivity index (χ0n) is 12.2. The van der Waals surface area contributed by atoms with Crippen molar-refractivity contribution in [1.29, 1.82) is 0 Å². The molecule has 0 fully saturated rings. The Balaban J connectivity index is 2.45. The topological polar surface area (TPSA) is 29.1 Å². The first kappa shape index (κ1) is 17.8. The molecular weight excluding hydrogens is 336 g/mol. The van der Waals surface area contributed by atoms with Crippen molar-refractivity contribution in [1.82, 2.24) is 0 Å². The fourth-order valence-corrected chi connectivity index (χ4v) is 2.05. The Morgan fingerprint density at radius 1 is 0.917 bits per heavy atom. The number of amides is 1. The third kappa shape index (κ3) is 4.06. The predicted octanol–water partition coefficient (Wildman–Crippen LogP) is 5.28. The summed E-state index contributed by atoms with van der Waals surface area (Å²) >= 11 is 0. The van der Waals surface area contributed by atoms with E-state index < -0.39 is 35.1 Å². The van der Waals surface area contributed by atoms with Gasteiger partial charge in [-0.15, -0.1) is 0 Å². The van der Waals surface area contributed by atoms with Gasteiger partial charge in [-0.05, 0) is 37.3 Å². The van der Waals surface area contributed by atoms with Gasteiger partial charge >= 0.3 is 12.4 Å². The second-order valence-corrected chi connectivity index (χ2v) is 5.08. The Labute approximate surface area is 133 Å². The first-order chi connectivity index (χ1) is 11.0. The number of aryl methyl sites for hydroxylation is 1. The van der Waals surface area contributed by atoms with Gasteiger partial charge in [-0.2, -0.15) is 26.3 Å². The van der Waals surface area contributed by atoms with Gasteiger partial charge in [0.15, 0.2) is 0 Å². The van der Waals surface area contributed by atoms with Crippen LogP contribution in [0.1, 0.15) is 27.0 Å². The third-order valence-electron chi connectivity index (χ3n) is 3.18. The summed E-state index contributed by atoms with van der Waals surface area (Å²) < 4.78 is 77.0. The van der Waals surface area contributed by atoms with E-state index in [0.717, 1.165) is 0 Å². The Hall–Kier alpha value is -2.51. The normalized spacial score (nSPS) is 12.1. The van der Waals surface area contributed by atoms with Gasteiger partial charge in [0.1, 0.15) is 0 Å². The van der Waals surface area contributed by atoms with Gasteiger partial charge in [-0.25, -0.2) is 0 Å². The van der Waals surface area contributed by atoms with Crippen molar-refractivity contribution in [2.75, 3.05) is 5.32 Å². The van der Waals surface area contributed by atoms with Crippen LogP contribution in [0, 0.1) is 6.92 Å². The minimum absolute atomic E-state index is 0.0422. The number of benzene rings is 2. The van der Waals surface area contributed by atoms with Gasteiger partial charge in [0.2, 0.25) is 0 Å². The van der Waals surface area contributed by atoms with Gasteiger partial charge in [-0.3, -0.25) is 4.79 Å². The Bertz CT molecular complexity index is 764. The summed E-state index contributed by atoms with van der Waals surface area (Å²) in [6.07, 6.45) is -9.73. The summed E-state index contributed by atoms with van der Waals surface area (Å²) in [5.41, 5.74) is -2.85. The van der Waals surface area contributed by atoms with Gasteiger partial charge < -0.3 is 5.32 Å². The van der Waals surface area contributed by atoms with Gasteiger partial charge in [0.05, 0.1) is 16.8 Å². The van der Waals surface area contributed by atoms with Crippen LogP contribution in [0.4, 0.5) is 32.0 Å². The number of carbonyl (C=O) groups excluding carboxylic acids is 1. The van der Waals surface area contributed by atoms with E-state index in [0.29, 0.717) is 17.7 Å². The highest BCUT2D eigenvalue weighted by Crippen LogP contribution is 2.39. The van der Waals surface area contributed by atoms with Crippen molar-refractivity contribution in [2.24, 2.45) is 0 Å². The van der Waals surface area contributed by atoms with E-state index in [1.807, 2.05) is 5.32 Å². The molecular formula is C16H11F6NO. The average molecular weight is 347 g/mol. The molecule has 0 bridgehead atoms. The first-order valence-electron chi connectivity index (χ1n) is 6.65. The number of rotatable bonds is 2. The maximum atomic E-state index is 13.0. The number of anilines is 1. The molecule has 128 valence electrons. The molecule has 0 aliphatic carbocycles. The summed E-state index contributed by atoms with van der Waals surface area (Å²) in [6.45, 7) is 1.67. The van der Waals surface area contributed by atoms with Crippen LogP contribution < -0.4 is 5.32 Å². The SMILES string of the molecule is Cc1cccc(C(=O)Nc2cc(C(F)(F)F)ccc2C(F)(F)F)c1. The number of nitrogens with one attached hydrogen (secondary N) is 1. The largest absolute Gasteiger partial charge is 0.418 e. The molecule has 0 heterocycles. The molecule has 0 radical (unpaired) electrons. The average Bonchev–Trinajstić information content (AvgIpc) is 2.45. The predicted molar refractivity (Wildman–Crippen MR) is 75.6 cm³/mol. The van der Waals surface area contributed by atoms with Crippen LogP contribution in [0.25, 0.3) is 0 Å². The Kier molecular flexibility index (Phi) is 4.59. The summed E-state index contributed by atoms with van der Waals surface area (Å²) in [5.74, 6) is -0.927. The maximum absolute atomic E-state index is 13.0. The highest BCUT2D eigenvalue weighted by Gasteiger charge is 2.37. The monoisotopic (exact) mass is 347 g/mol. The third-order valence-corrected chi connectivity index (χ3v) is 3.18. The number of carbonyl (C=O) groups is 1. The van der Waals surface area contributed by atoms with Crippen LogP contribution in [-0.4, -0.2) is 5.91 Å². The first-order valence-corrected chi connectivity index (χ1v) is 6.65. The summed E-state index contributed by atoms with van der Waals surface area (Å²) in [7, 11) is 0. The second kappa shape index (κ2) is 6.18. The molecule has 8 heteroatoms. The van der Waals surface area contributed by atoms with E-state index in [1.165, 1.54) is 18.2 Å². The smallest absolute Gasteiger partial charge is 0.321 e. The van der Waals surface area contributed by atoms with Crippen molar-refractivity contribution >= 4 is 11.6 Å². The molecule has 2 rings (SSSR count). The number of alkyl halides is 6. The van der Waals surface area contributed by atoms with Gasteiger partial charge in [0.25, 0.3) is 5.91 Å². The van der Waals surface area contributed by atoms with Crippen LogP contribution >= 0.6 is 0 Å². The Morgan fingerprint density at radius 3 is 2.12 bits per heavy atom. The van der Waals surface area contributed by atoms with Crippen molar-refractivity contribution in [3.8, 4) is 0 Å². The van der Waals surface area contributed by atoms with Crippen molar-refractivity contribution in [2.45, 2.75) is 19.3 Å². The van der Waals surface area contributed by atoms with Crippen molar-refractivity contribution < 1.29 is 31.1 Å². The standard InChI is InChI=1S/C16H11F6NO/c1-9-3-2-4-10(7-9)14(24)23-13-8-11(15(17,18)19)5-6-12(13)16(20,21)22/h2-8H,1H3,(H,23,24). The molecule has 0 saturated carbocycles. The van der Waals surface area contributed by atoms with E-state index >= 15 is 0 Å². The molecule has 0 aliphatic heterocycles. The molecule has 0 spiro atoms. The lowest BCUT2D eigenvalue weighted by atomic mass is 10.1. The fourth-order valence-electron chi connectivity index (χ4n) is 2.05. The zero-order valence-corrected chi connectivity index (χ0v) is 12.2. The lowest BCUT2D eigenvalue weighted by molar-refractivity contribution is -0.140. The van der Waals surface area contributed by atoms with E-state index in [4.69, 9.17) is 0 Å². The number of hydrogen-bond donors (Lipinski definition) is 1. The highest BCUT2D eigenvalue weighted by atomic mass is 19.4. The van der Waals surface area contributed by atoms with Crippen LogP contribution in [0.3, 0.4) is 0 Å². The van der Waals surface area contributed by atoms with E-state index in [-0.39, 0.29) is 11.6 Å². The molecule has 0 aliphatic rings.